The van der Waals surface area contributed by atoms with Crippen LogP contribution in [0.4, 0.5) is 5.82 Å². The van der Waals surface area contributed by atoms with Crippen LogP contribution in [0.1, 0.15) is 53.3 Å². The zero-order valence-corrected chi connectivity index (χ0v) is 22.7. The van der Waals surface area contributed by atoms with Crippen LogP contribution in [0.15, 0.2) is 41.3 Å². The van der Waals surface area contributed by atoms with Crippen molar-refractivity contribution in [2.45, 2.75) is 59.3 Å². The Balaban J connectivity index is 1.65. The van der Waals surface area contributed by atoms with Crippen LogP contribution in [-0.4, -0.2) is 48.9 Å². The van der Waals surface area contributed by atoms with Crippen molar-refractivity contribution in [1.29, 1.82) is 0 Å². The molecule has 1 aromatic heterocycles. The summed E-state index contributed by atoms with van der Waals surface area (Å²) in [6, 6.07) is 12.1. The van der Waals surface area contributed by atoms with Crippen LogP contribution in [0.3, 0.4) is 0 Å². The fourth-order valence-corrected chi connectivity index (χ4v) is 7.07. The highest BCUT2D eigenvalue weighted by atomic mass is 32.2. The number of benzene rings is 2. The van der Waals surface area contributed by atoms with Crippen LogP contribution in [0.2, 0.25) is 0 Å². The highest BCUT2D eigenvalue weighted by Gasteiger charge is 2.32. The number of anilines is 1. The molecule has 3 aromatic rings. The van der Waals surface area contributed by atoms with E-state index in [1.807, 2.05) is 52.0 Å². The zero-order valence-electron chi connectivity index (χ0n) is 21.9. The van der Waals surface area contributed by atoms with E-state index in [0.29, 0.717) is 36.9 Å². The molecule has 0 amide bonds. The van der Waals surface area contributed by atoms with Crippen molar-refractivity contribution in [3.63, 3.8) is 0 Å². The Morgan fingerprint density at radius 2 is 1.46 bits per heavy atom. The van der Waals surface area contributed by atoms with Gasteiger partial charge in [-0.25, -0.2) is 18.4 Å². The van der Waals surface area contributed by atoms with Crippen molar-refractivity contribution < 1.29 is 8.42 Å². The van der Waals surface area contributed by atoms with Crippen molar-refractivity contribution in [2.75, 3.05) is 31.1 Å². The average molecular weight is 493 g/mol. The van der Waals surface area contributed by atoms with E-state index in [1.165, 1.54) is 5.56 Å². The van der Waals surface area contributed by atoms with Crippen molar-refractivity contribution >= 4 is 15.8 Å². The van der Waals surface area contributed by atoms with E-state index in [9.17, 15) is 8.42 Å². The lowest BCUT2D eigenvalue weighted by atomic mass is 10.0. The van der Waals surface area contributed by atoms with Gasteiger partial charge in [0.05, 0.1) is 4.90 Å². The van der Waals surface area contributed by atoms with Crippen molar-refractivity contribution in [3.05, 3.63) is 69.9 Å². The Labute approximate surface area is 210 Å². The van der Waals surface area contributed by atoms with Crippen molar-refractivity contribution in [1.82, 2.24) is 14.3 Å². The number of rotatable bonds is 5. The van der Waals surface area contributed by atoms with Gasteiger partial charge in [-0.3, -0.25) is 0 Å². The molecule has 0 radical (unpaired) electrons. The fourth-order valence-electron chi connectivity index (χ4n) is 5.24. The summed E-state index contributed by atoms with van der Waals surface area (Å²) < 4.78 is 28.8. The van der Waals surface area contributed by atoms with E-state index < -0.39 is 10.0 Å². The summed E-state index contributed by atoms with van der Waals surface area (Å²) in [7, 11) is -3.56. The number of aromatic nitrogens is 2. The zero-order chi connectivity index (χ0) is 25.5. The van der Waals surface area contributed by atoms with Gasteiger partial charge in [0.1, 0.15) is 5.82 Å². The SMILES string of the molecule is Cc1cccc(-c2nc(C)c(C(C)C)c(N3CCN(S(=O)(=O)c4c(C)cc(C)cc4C)CC3)n2)c1. The topological polar surface area (TPSA) is 66.4 Å². The molecule has 0 aliphatic carbocycles. The van der Waals surface area contributed by atoms with Gasteiger partial charge in [-0.15, -0.1) is 0 Å². The predicted octanol–water partition coefficient (Wildman–Crippen LogP) is 5.32. The number of hydrogen-bond donors (Lipinski definition) is 0. The third-order valence-electron chi connectivity index (χ3n) is 6.71. The summed E-state index contributed by atoms with van der Waals surface area (Å²) >= 11 is 0. The lowest BCUT2D eigenvalue weighted by Crippen LogP contribution is -2.49. The predicted molar refractivity (Wildman–Crippen MR) is 143 cm³/mol. The molecule has 1 aliphatic rings. The molecule has 1 fully saturated rings. The smallest absolute Gasteiger partial charge is 0.243 e. The molecule has 2 aromatic carbocycles. The van der Waals surface area contributed by atoms with Crippen molar-refractivity contribution in [2.24, 2.45) is 0 Å². The minimum absolute atomic E-state index is 0.260. The molecule has 6 nitrogen and oxygen atoms in total. The summed E-state index contributed by atoms with van der Waals surface area (Å²) in [6.45, 7) is 16.2. The lowest BCUT2D eigenvalue weighted by molar-refractivity contribution is 0.382. The van der Waals surface area contributed by atoms with E-state index >= 15 is 0 Å². The molecule has 0 N–H and O–H groups in total. The Hall–Kier alpha value is -2.77. The largest absolute Gasteiger partial charge is 0.354 e. The molecule has 0 bridgehead atoms. The molecule has 0 saturated carbocycles. The minimum Gasteiger partial charge on any atom is -0.354 e. The first-order valence-electron chi connectivity index (χ1n) is 12.3. The summed E-state index contributed by atoms with van der Waals surface area (Å²) in [5.41, 5.74) is 6.95. The minimum atomic E-state index is -3.56. The van der Waals surface area contributed by atoms with Gasteiger partial charge in [-0.1, -0.05) is 55.3 Å². The third-order valence-corrected chi connectivity index (χ3v) is 8.92. The molecule has 1 saturated heterocycles. The van der Waals surface area contributed by atoms with Gasteiger partial charge in [-0.05, 0) is 57.7 Å². The van der Waals surface area contributed by atoms with Gasteiger partial charge in [0, 0.05) is 43.0 Å². The summed E-state index contributed by atoms with van der Waals surface area (Å²) in [4.78, 5) is 12.5. The average Bonchev–Trinajstić information content (AvgIpc) is 2.77. The highest BCUT2D eigenvalue weighted by Crippen LogP contribution is 2.33. The van der Waals surface area contributed by atoms with E-state index in [-0.39, 0.29) is 5.92 Å². The molecular formula is C28H36N4O2S. The quantitative estimate of drug-likeness (QED) is 0.482. The summed E-state index contributed by atoms with van der Waals surface area (Å²) in [5.74, 6) is 1.89. The molecule has 35 heavy (non-hydrogen) atoms. The third kappa shape index (κ3) is 4.98. The molecule has 7 heteroatoms. The molecule has 186 valence electrons. The molecular weight excluding hydrogens is 456 g/mol. The normalized spacial score (nSPS) is 15.1. The molecule has 2 heterocycles. The van der Waals surface area contributed by atoms with Crippen LogP contribution in [0.5, 0.6) is 0 Å². The Bertz CT molecular complexity index is 1330. The maximum absolute atomic E-state index is 13.6. The summed E-state index contributed by atoms with van der Waals surface area (Å²) in [5, 5.41) is 0. The van der Waals surface area contributed by atoms with Gasteiger partial charge in [0.2, 0.25) is 10.0 Å². The number of aryl methyl sites for hydroxylation is 5. The number of hydrogen-bond acceptors (Lipinski definition) is 5. The number of piperazine rings is 1. The van der Waals surface area contributed by atoms with E-state index in [4.69, 9.17) is 9.97 Å². The first-order valence-corrected chi connectivity index (χ1v) is 13.7. The maximum Gasteiger partial charge on any atom is 0.243 e. The monoisotopic (exact) mass is 492 g/mol. The second-order valence-electron chi connectivity index (χ2n) is 10.0. The summed E-state index contributed by atoms with van der Waals surface area (Å²) in [6.07, 6.45) is 0. The van der Waals surface area contributed by atoms with Gasteiger partial charge >= 0.3 is 0 Å². The second-order valence-corrected chi connectivity index (χ2v) is 11.9. The highest BCUT2D eigenvalue weighted by molar-refractivity contribution is 7.89. The van der Waals surface area contributed by atoms with Crippen LogP contribution in [0, 0.1) is 34.6 Å². The maximum atomic E-state index is 13.6. The number of nitrogens with zero attached hydrogens (tertiary/aromatic N) is 4. The Morgan fingerprint density at radius 1 is 0.829 bits per heavy atom. The molecule has 4 rings (SSSR count). The van der Waals surface area contributed by atoms with Crippen LogP contribution in [-0.2, 0) is 10.0 Å². The van der Waals surface area contributed by atoms with Gasteiger partial charge < -0.3 is 4.90 Å². The lowest BCUT2D eigenvalue weighted by Gasteiger charge is -2.36. The van der Waals surface area contributed by atoms with E-state index in [1.54, 1.807) is 4.31 Å². The number of sulfonamides is 1. The molecule has 0 spiro atoms. The van der Waals surface area contributed by atoms with Crippen LogP contribution in [0.25, 0.3) is 11.4 Å². The first kappa shape index (κ1) is 25.3. The Kier molecular flexibility index (Phi) is 7.02. The molecule has 0 atom stereocenters. The molecule has 1 aliphatic heterocycles. The second kappa shape index (κ2) is 9.70. The Morgan fingerprint density at radius 3 is 2.03 bits per heavy atom. The van der Waals surface area contributed by atoms with Crippen LogP contribution < -0.4 is 4.90 Å². The van der Waals surface area contributed by atoms with Gasteiger partial charge in [-0.2, -0.15) is 4.31 Å². The van der Waals surface area contributed by atoms with Gasteiger partial charge in [0.25, 0.3) is 0 Å². The van der Waals surface area contributed by atoms with E-state index in [0.717, 1.165) is 39.3 Å². The standard InChI is InChI=1S/C28H36N4O2S/c1-18(2)25-23(7)29-27(24-10-8-9-19(3)17-24)30-28(25)31-11-13-32(14-12-31)35(33,34)26-21(5)15-20(4)16-22(26)6/h8-10,15-18H,11-14H2,1-7H3. The van der Waals surface area contributed by atoms with Crippen molar-refractivity contribution in [3.8, 4) is 11.4 Å². The first-order chi connectivity index (χ1) is 16.5. The van der Waals surface area contributed by atoms with Gasteiger partial charge in [0.15, 0.2) is 5.82 Å². The van der Waals surface area contributed by atoms with E-state index in [2.05, 4.69) is 37.8 Å². The fraction of sp³-hybridized carbons (Fsp3) is 0.429. The van der Waals surface area contributed by atoms with Crippen LogP contribution >= 0.6 is 0 Å². The molecule has 0 unspecified atom stereocenters.